The van der Waals surface area contributed by atoms with E-state index in [1.165, 1.54) is 22.8 Å². The molecule has 1 aliphatic rings. The molecule has 9 heteroatoms. The Balaban J connectivity index is 0.00000363. The van der Waals surface area contributed by atoms with E-state index in [1.807, 2.05) is 23.9 Å². The Morgan fingerprint density at radius 1 is 0.906 bits per heavy atom. The van der Waals surface area contributed by atoms with Crippen molar-refractivity contribution in [2.75, 3.05) is 57.9 Å². The van der Waals surface area contributed by atoms with Crippen LogP contribution in [0.3, 0.4) is 0 Å². The zero-order valence-corrected chi connectivity index (χ0v) is 22.3. The van der Waals surface area contributed by atoms with Crippen LogP contribution in [0.2, 0.25) is 0 Å². The summed E-state index contributed by atoms with van der Waals surface area (Å²) in [7, 11) is 6.60. The predicted octanol–water partition coefficient (Wildman–Crippen LogP) is 3.75. The van der Waals surface area contributed by atoms with Gasteiger partial charge in [-0.05, 0) is 35.4 Å². The number of aliphatic imine (C=N–C) groups is 1. The Labute approximate surface area is 212 Å². The van der Waals surface area contributed by atoms with Gasteiger partial charge in [0.2, 0.25) is 5.75 Å². The van der Waals surface area contributed by atoms with Gasteiger partial charge in [0.1, 0.15) is 0 Å². The molecular weight excluding hydrogens is 539 g/mol. The number of hydrogen-bond acceptors (Lipinski definition) is 6. The number of ether oxygens (including phenoxy) is 3. The monoisotopic (exact) mass is 572 g/mol. The van der Waals surface area contributed by atoms with Crippen LogP contribution in [0, 0.1) is 0 Å². The molecule has 2 aromatic rings. The highest BCUT2D eigenvalue weighted by Gasteiger charge is 2.14. The van der Waals surface area contributed by atoms with Crippen LogP contribution in [0.25, 0.3) is 0 Å². The molecule has 1 fully saturated rings. The molecule has 0 atom stereocenters. The molecule has 32 heavy (non-hydrogen) atoms. The highest BCUT2D eigenvalue weighted by Crippen LogP contribution is 2.38. The maximum Gasteiger partial charge on any atom is 0.203 e. The van der Waals surface area contributed by atoms with Crippen LogP contribution >= 0.6 is 35.7 Å². The van der Waals surface area contributed by atoms with Gasteiger partial charge in [0, 0.05) is 50.4 Å². The normalized spacial score (nSPS) is 13.8. The fraction of sp³-hybridized carbons (Fsp3) is 0.435. The summed E-state index contributed by atoms with van der Waals surface area (Å²) in [6.07, 6.45) is 0. The molecule has 0 amide bonds. The maximum absolute atomic E-state index is 5.43. The van der Waals surface area contributed by atoms with E-state index in [4.69, 9.17) is 14.2 Å². The number of halogens is 1. The molecule has 0 unspecified atom stereocenters. The lowest BCUT2D eigenvalue weighted by Crippen LogP contribution is -2.36. The Bertz CT molecular complexity index is 849. The molecule has 176 valence electrons. The standard InChI is InChI=1S/C23H32N4O3S.HI/c1-24-23(26-16-18-13-20(28-2)22(30-4)21(14-18)29-3)25-15-17-5-7-19(8-6-17)27-9-11-31-12-10-27;/h5-8,13-14H,9-12,15-16H2,1-4H3,(H2,24,25,26);1H. The lowest BCUT2D eigenvalue weighted by molar-refractivity contribution is 0.323. The van der Waals surface area contributed by atoms with Crippen molar-refractivity contribution in [1.29, 1.82) is 0 Å². The van der Waals surface area contributed by atoms with E-state index >= 15 is 0 Å². The van der Waals surface area contributed by atoms with Crippen molar-refractivity contribution >= 4 is 47.4 Å². The molecule has 1 heterocycles. The van der Waals surface area contributed by atoms with E-state index in [2.05, 4.69) is 44.8 Å². The van der Waals surface area contributed by atoms with E-state index in [9.17, 15) is 0 Å². The number of rotatable bonds is 8. The van der Waals surface area contributed by atoms with Crippen LogP contribution in [0.1, 0.15) is 11.1 Å². The first kappa shape index (κ1) is 26.2. The Hall–Kier alpha value is -2.01. The van der Waals surface area contributed by atoms with Gasteiger partial charge in [-0.3, -0.25) is 4.99 Å². The van der Waals surface area contributed by atoms with Gasteiger partial charge in [0.15, 0.2) is 17.5 Å². The molecule has 0 aliphatic carbocycles. The number of hydrogen-bond donors (Lipinski definition) is 2. The summed E-state index contributed by atoms with van der Waals surface area (Å²) in [5.74, 6) is 4.99. The van der Waals surface area contributed by atoms with E-state index in [0.717, 1.165) is 24.6 Å². The lowest BCUT2D eigenvalue weighted by atomic mass is 10.1. The van der Waals surface area contributed by atoms with Crippen LogP contribution in [0.15, 0.2) is 41.4 Å². The van der Waals surface area contributed by atoms with Crippen LogP contribution in [0.4, 0.5) is 5.69 Å². The van der Waals surface area contributed by atoms with Crippen molar-refractivity contribution in [3.8, 4) is 17.2 Å². The largest absolute Gasteiger partial charge is 0.493 e. The summed E-state index contributed by atoms with van der Waals surface area (Å²) in [5.41, 5.74) is 3.52. The molecule has 0 saturated carbocycles. The molecular formula is C23H33IN4O3S. The second-order valence-corrected chi connectivity index (χ2v) is 8.30. The van der Waals surface area contributed by atoms with Gasteiger partial charge < -0.3 is 29.7 Å². The van der Waals surface area contributed by atoms with Gasteiger partial charge in [0.25, 0.3) is 0 Å². The van der Waals surface area contributed by atoms with E-state index < -0.39 is 0 Å². The van der Waals surface area contributed by atoms with Crippen LogP contribution in [0.5, 0.6) is 17.2 Å². The second kappa shape index (κ2) is 13.5. The van der Waals surface area contributed by atoms with Crippen LogP contribution < -0.4 is 29.7 Å². The average molecular weight is 573 g/mol. The zero-order chi connectivity index (χ0) is 22.1. The van der Waals surface area contributed by atoms with E-state index in [1.54, 1.807) is 28.4 Å². The average Bonchev–Trinajstić information content (AvgIpc) is 2.84. The summed E-state index contributed by atoms with van der Waals surface area (Å²) >= 11 is 2.03. The molecule has 0 radical (unpaired) electrons. The topological polar surface area (TPSA) is 67.4 Å². The first-order valence-electron chi connectivity index (χ1n) is 10.3. The summed E-state index contributed by atoms with van der Waals surface area (Å²) in [6.45, 7) is 3.52. The smallest absolute Gasteiger partial charge is 0.203 e. The van der Waals surface area contributed by atoms with Crippen molar-refractivity contribution < 1.29 is 14.2 Å². The van der Waals surface area contributed by atoms with E-state index in [-0.39, 0.29) is 24.0 Å². The van der Waals surface area contributed by atoms with Gasteiger partial charge in [-0.15, -0.1) is 24.0 Å². The first-order chi connectivity index (χ1) is 15.2. The quantitative estimate of drug-likeness (QED) is 0.284. The third-order valence-corrected chi connectivity index (χ3v) is 6.12. The van der Waals surface area contributed by atoms with Crippen molar-refractivity contribution in [3.63, 3.8) is 0 Å². The summed E-state index contributed by atoms with van der Waals surface area (Å²) in [4.78, 5) is 6.77. The number of thioether (sulfide) groups is 1. The number of methoxy groups -OCH3 is 3. The van der Waals surface area contributed by atoms with Gasteiger partial charge in [-0.2, -0.15) is 11.8 Å². The number of benzene rings is 2. The van der Waals surface area contributed by atoms with Crippen molar-refractivity contribution in [3.05, 3.63) is 47.5 Å². The number of guanidine groups is 1. The Morgan fingerprint density at radius 3 is 1.97 bits per heavy atom. The Morgan fingerprint density at radius 2 is 1.47 bits per heavy atom. The van der Waals surface area contributed by atoms with Gasteiger partial charge in [0.05, 0.1) is 21.3 Å². The van der Waals surface area contributed by atoms with Crippen molar-refractivity contribution in [2.45, 2.75) is 13.1 Å². The third-order valence-electron chi connectivity index (χ3n) is 5.18. The molecule has 0 bridgehead atoms. The van der Waals surface area contributed by atoms with Gasteiger partial charge >= 0.3 is 0 Å². The molecule has 3 rings (SSSR count). The molecule has 0 spiro atoms. The van der Waals surface area contributed by atoms with Gasteiger partial charge in [-0.25, -0.2) is 0 Å². The minimum Gasteiger partial charge on any atom is -0.493 e. The van der Waals surface area contributed by atoms with Crippen LogP contribution in [-0.2, 0) is 13.1 Å². The molecule has 7 nitrogen and oxygen atoms in total. The molecule has 2 aromatic carbocycles. The minimum absolute atomic E-state index is 0. The predicted molar refractivity (Wildman–Crippen MR) is 145 cm³/mol. The molecule has 2 N–H and O–H groups in total. The van der Waals surface area contributed by atoms with E-state index in [0.29, 0.717) is 30.3 Å². The van der Waals surface area contributed by atoms with Crippen molar-refractivity contribution in [2.24, 2.45) is 4.99 Å². The third kappa shape index (κ3) is 6.99. The minimum atomic E-state index is 0. The maximum atomic E-state index is 5.43. The number of nitrogens with one attached hydrogen (secondary N) is 2. The second-order valence-electron chi connectivity index (χ2n) is 7.08. The first-order valence-corrected chi connectivity index (χ1v) is 11.5. The summed E-state index contributed by atoms with van der Waals surface area (Å²) < 4.78 is 16.2. The lowest BCUT2D eigenvalue weighted by Gasteiger charge is -2.28. The highest BCUT2D eigenvalue weighted by atomic mass is 127. The number of anilines is 1. The Kier molecular flexibility index (Phi) is 11.1. The summed E-state index contributed by atoms with van der Waals surface area (Å²) in [6, 6.07) is 12.6. The molecule has 1 aliphatic heterocycles. The SMILES string of the molecule is CN=C(NCc1ccc(N2CCSCC2)cc1)NCc1cc(OC)c(OC)c(OC)c1.I. The fourth-order valence-electron chi connectivity index (χ4n) is 3.48. The van der Waals surface area contributed by atoms with Crippen LogP contribution in [-0.4, -0.2) is 58.9 Å². The highest BCUT2D eigenvalue weighted by molar-refractivity contribution is 14.0. The fourth-order valence-corrected chi connectivity index (χ4v) is 4.38. The molecule has 1 saturated heterocycles. The zero-order valence-electron chi connectivity index (χ0n) is 19.1. The van der Waals surface area contributed by atoms with Crippen molar-refractivity contribution in [1.82, 2.24) is 10.6 Å². The summed E-state index contributed by atoms with van der Waals surface area (Å²) in [5, 5.41) is 6.71. The number of nitrogens with zero attached hydrogens (tertiary/aromatic N) is 2. The molecule has 0 aromatic heterocycles. The van der Waals surface area contributed by atoms with Gasteiger partial charge in [-0.1, -0.05) is 12.1 Å².